The molecule has 0 spiro atoms. The molecule has 1 fully saturated rings. The second-order valence-electron chi connectivity index (χ2n) is 4.94. The van der Waals surface area contributed by atoms with E-state index in [1.54, 1.807) is 6.92 Å². The van der Waals surface area contributed by atoms with Crippen molar-refractivity contribution < 1.29 is 13.9 Å². The van der Waals surface area contributed by atoms with Crippen LogP contribution >= 0.6 is 23.2 Å². The summed E-state index contributed by atoms with van der Waals surface area (Å²) in [6.45, 7) is 1.76. The fourth-order valence-corrected chi connectivity index (χ4v) is 2.72. The Morgan fingerprint density at radius 3 is 2.82 bits per heavy atom. The van der Waals surface area contributed by atoms with Crippen molar-refractivity contribution in [3.63, 3.8) is 0 Å². The summed E-state index contributed by atoms with van der Waals surface area (Å²) in [6, 6.07) is -0.479. The van der Waals surface area contributed by atoms with Gasteiger partial charge in [0.15, 0.2) is 0 Å². The van der Waals surface area contributed by atoms with E-state index in [1.165, 1.54) is 17.0 Å². The van der Waals surface area contributed by atoms with E-state index in [9.17, 15) is 14.0 Å². The topological polar surface area (TPSA) is 61.2 Å². The maximum atomic E-state index is 13.5. The minimum Gasteiger partial charge on any atom is -0.462 e. The SMILES string of the molecule is CCOC(=O)c1cn([C@@H]2C[C@@H]2F)c2c(Cl)c(Cl)ncc2c1=O. The number of pyridine rings is 2. The first-order valence-corrected chi connectivity index (χ1v) is 7.41. The monoisotopic (exact) mass is 344 g/mol. The molecule has 22 heavy (non-hydrogen) atoms. The Labute approximate surface area is 134 Å². The lowest BCUT2D eigenvalue weighted by atomic mass is 10.1. The number of carbonyl (C=O) groups excluding carboxylic acids is 1. The van der Waals surface area contributed by atoms with Gasteiger partial charge in [0.25, 0.3) is 0 Å². The van der Waals surface area contributed by atoms with E-state index in [-0.39, 0.29) is 39.7 Å². The molecule has 2 aromatic rings. The van der Waals surface area contributed by atoms with Crippen molar-refractivity contribution >= 4 is 40.1 Å². The number of rotatable bonds is 3. The molecule has 1 aliphatic rings. The van der Waals surface area contributed by atoms with E-state index in [2.05, 4.69) is 4.98 Å². The van der Waals surface area contributed by atoms with Gasteiger partial charge in [-0.2, -0.15) is 0 Å². The molecule has 0 saturated heterocycles. The summed E-state index contributed by atoms with van der Waals surface area (Å²) in [6.07, 6.45) is 1.76. The molecule has 5 nitrogen and oxygen atoms in total. The second kappa shape index (κ2) is 5.52. The molecular weight excluding hydrogens is 334 g/mol. The van der Waals surface area contributed by atoms with Crippen molar-refractivity contribution in [2.45, 2.75) is 25.6 Å². The Balaban J connectivity index is 2.33. The lowest BCUT2D eigenvalue weighted by molar-refractivity contribution is 0.0524. The van der Waals surface area contributed by atoms with E-state index in [1.807, 2.05) is 0 Å². The van der Waals surface area contributed by atoms with E-state index >= 15 is 0 Å². The van der Waals surface area contributed by atoms with Crippen LogP contribution in [0.3, 0.4) is 0 Å². The normalized spacial score (nSPS) is 20.2. The molecule has 3 rings (SSSR count). The van der Waals surface area contributed by atoms with Crippen LogP contribution in [0.4, 0.5) is 4.39 Å². The molecule has 1 aliphatic carbocycles. The van der Waals surface area contributed by atoms with E-state index in [0.717, 1.165) is 0 Å². The maximum Gasteiger partial charge on any atom is 0.343 e. The van der Waals surface area contributed by atoms with Gasteiger partial charge in [-0.3, -0.25) is 4.79 Å². The minimum atomic E-state index is -1.05. The minimum absolute atomic E-state index is 0.0160. The molecule has 2 aromatic heterocycles. The number of aromatic nitrogens is 2. The van der Waals surface area contributed by atoms with E-state index in [0.29, 0.717) is 0 Å². The summed E-state index contributed by atoms with van der Waals surface area (Å²) in [5.41, 5.74) is -0.453. The van der Waals surface area contributed by atoms with Crippen LogP contribution in [-0.4, -0.2) is 28.3 Å². The molecule has 0 bridgehead atoms. The smallest absolute Gasteiger partial charge is 0.343 e. The first-order valence-electron chi connectivity index (χ1n) is 6.65. The third kappa shape index (κ3) is 2.36. The van der Waals surface area contributed by atoms with Crippen LogP contribution < -0.4 is 5.43 Å². The Bertz CT molecular complexity index is 837. The predicted octanol–water partition coefficient (Wildman–Crippen LogP) is 3.16. The summed E-state index contributed by atoms with van der Waals surface area (Å²) in [4.78, 5) is 28.2. The van der Waals surface area contributed by atoms with Gasteiger partial charge < -0.3 is 9.30 Å². The van der Waals surface area contributed by atoms with Crippen LogP contribution in [0.15, 0.2) is 17.2 Å². The van der Waals surface area contributed by atoms with Gasteiger partial charge in [0, 0.05) is 18.8 Å². The Morgan fingerprint density at radius 2 is 2.23 bits per heavy atom. The second-order valence-corrected chi connectivity index (χ2v) is 5.68. The van der Waals surface area contributed by atoms with Gasteiger partial charge in [-0.05, 0) is 6.92 Å². The molecule has 0 amide bonds. The van der Waals surface area contributed by atoms with Crippen LogP contribution in [0.5, 0.6) is 0 Å². The highest BCUT2D eigenvalue weighted by Gasteiger charge is 2.40. The third-order valence-electron chi connectivity index (χ3n) is 3.50. The average Bonchev–Trinajstić information content (AvgIpc) is 3.20. The quantitative estimate of drug-likeness (QED) is 0.633. The number of hydrogen-bond acceptors (Lipinski definition) is 4. The fourth-order valence-electron chi connectivity index (χ4n) is 2.34. The summed E-state index contributed by atoms with van der Waals surface area (Å²) >= 11 is 12.0. The number of esters is 1. The van der Waals surface area contributed by atoms with Crippen LogP contribution in [0.1, 0.15) is 29.7 Å². The van der Waals surface area contributed by atoms with Gasteiger partial charge in [-0.1, -0.05) is 23.2 Å². The van der Waals surface area contributed by atoms with Crippen LogP contribution in [0.2, 0.25) is 10.2 Å². The zero-order valence-electron chi connectivity index (χ0n) is 11.5. The summed E-state index contributed by atoms with van der Waals surface area (Å²) < 4.78 is 19.8. The molecule has 1 saturated carbocycles. The molecule has 8 heteroatoms. The van der Waals surface area contributed by atoms with E-state index in [4.69, 9.17) is 27.9 Å². The zero-order valence-corrected chi connectivity index (χ0v) is 13.0. The van der Waals surface area contributed by atoms with Crippen molar-refractivity contribution in [3.8, 4) is 0 Å². The maximum absolute atomic E-state index is 13.5. The summed E-state index contributed by atoms with van der Waals surface area (Å²) in [7, 11) is 0. The zero-order chi connectivity index (χ0) is 16.0. The number of nitrogens with zero attached hydrogens (tertiary/aromatic N) is 2. The highest BCUT2D eigenvalue weighted by Crippen LogP contribution is 2.42. The Hall–Kier alpha value is -1.66. The van der Waals surface area contributed by atoms with Gasteiger partial charge in [-0.25, -0.2) is 14.2 Å². The number of fused-ring (bicyclic) bond motifs is 1. The average molecular weight is 345 g/mol. The molecular formula is C14H11Cl2FN2O3. The first kappa shape index (κ1) is 15.2. The molecule has 2 heterocycles. The van der Waals surface area contributed by atoms with Crippen molar-refractivity contribution in [1.82, 2.24) is 9.55 Å². The number of ether oxygens (including phenoxy) is 1. The van der Waals surface area contributed by atoms with Crippen molar-refractivity contribution in [2.24, 2.45) is 0 Å². The highest BCUT2D eigenvalue weighted by molar-refractivity contribution is 6.44. The lowest BCUT2D eigenvalue weighted by Gasteiger charge is -2.13. The molecule has 2 atom stereocenters. The van der Waals surface area contributed by atoms with Crippen molar-refractivity contribution in [3.05, 3.63) is 38.4 Å². The molecule has 0 aliphatic heterocycles. The van der Waals surface area contributed by atoms with Gasteiger partial charge in [0.05, 0.1) is 23.6 Å². The summed E-state index contributed by atoms with van der Waals surface area (Å²) in [5.74, 6) is -0.759. The van der Waals surface area contributed by atoms with Gasteiger partial charge >= 0.3 is 5.97 Å². The molecule has 0 N–H and O–H groups in total. The van der Waals surface area contributed by atoms with Crippen LogP contribution in [0, 0.1) is 0 Å². The standard InChI is InChI=1S/C14H11Cl2FN2O3/c1-2-22-14(21)7-5-19(9-3-8(9)17)11-6(12(7)20)4-18-13(16)10(11)15/h4-5,8-9H,2-3H2,1H3/t8-,9+/m0/s1. The number of halogens is 3. The van der Waals surface area contributed by atoms with Gasteiger partial charge in [0.2, 0.25) is 5.43 Å². The molecule has 0 aromatic carbocycles. The molecule has 0 unspecified atom stereocenters. The highest BCUT2D eigenvalue weighted by atomic mass is 35.5. The lowest BCUT2D eigenvalue weighted by Crippen LogP contribution is -2.21. The predicted molar refractivity (Wildman–Crippen MR) is 80.5 cm³/mol. The first-order chi connectivity index (χ1) is 10.5. The van der Waals surface area contributed by atoms with Crippen LogP contribution in [0.25, 0.3) is 10.9 Å². The third-order valence-corrected chi connectivity index (χ3v) is 4.24. The fraction of sp³-hybridized carbons (Fsp3) is 0.357. The van der Waals surface area contributed by atoms with Gasteiger partial charge in [0.1, 0.15) is 21.9 Å². The largest absolute Gasteiger partial charge is 0.462 e. The van der Waals surface area contributed by atoms with Crippen molar-refractivity contribution in [1.29, 1.82) is 0 Å². The molecule has 116 valence electrons. The molecule has 0 radical (unpaired) electrons. The number of hydrogen-bond donors (Lipinski definition) is 0. The van der Waals surface area contributed by atoms with Crippen molar-refractivity contribution in [2.75, 3.05) is 6.61 Å². The van der Waals surface area contributed by atoms with Crippen LogP contribution in [-0.2, 0) is 4.74 Å². The van der Waals surface area contributed by atoms with Gasteiger partial charge in [-0.15, -0.1) is 0 Å². The van der Waals surface area contributed by atoms with E-state index < -0.39 is 23.6 Å². The number of carbonyl (C=O) groups is 1. The summed E-state index contributed by atoms with van der Waals surface area (Å²) in [5, 5.41) is 0.187. The Kier molecular flexibility index (Phi) is 3.82. The Morgan fingerprint density at radius 1 is 1.55 bits per heavy atom. The number of alkyl halides is 1.